The van der Waals surface area contributed by atoms with E-state index < -0.39 is 5.97 Å². The van der Waals surface area contributed by atoms with Gasteiger partial charge in [-0.2, -0.15) is 0 Å². The summed E-state index contributed by atoms with van der Waals surface area (Å²) in [5.41, 5.74) is 1.20. The summed E-state index contributed by atoms with van der Waals surface area (Å²) in [5, 5.41) is 8.86. The number of benzene rings is 1. The van der Waals surface area contributed by atoms with Gasteiger partial charge in [0.1, 0.15) is 6.54 Å². The molecule has 0 bridgehead atoms. The number of fused-ring (bicyclic) bond motifs is 1. The standard InChI is InChI=1S/C17H23N3O4/c1-12(2)10-19(9-8-16(22)23)15(21)11-20-14-7-5-4-6-13(14)18(3)17(20)24/h4-7,12H,8-11H2,1-3H3,(H,22,23). The van der Waals surface area contributed by atoms with Gasteiger partial charge in [-0.25, -0.2) is 4.79 Å². The molecule has 0 saturated carbocycles. The average Bonchev–Trinajstić information content (AvgIpc) is 2.76. The molecule has 7 heteroatoms. The second-order valence-electron chi connectivity index (χ2n) is 6.29. The minimum atomic E-state index is -0.945. The Morgan fingerprint density at radius 1 is 1.21 bits per heavy atom. The number of aryl methyl sites for hydroxylation is 1. The highest BCUT2D eigenvalue weighted by Gasteiger charge is 2.19. The maximum absolute atomic E-state index is 12.6. The molecule has 0 atom stereocenters. The number of carbonyl (C=O) groups is 2. The minimum absolute atomic E-state index is 0.0907. The van der Waals surface area contributed by atoms with E-state index >= 15 is 0 Å². The normalized spacial score (nSPS) is 11.2. The smallest absolute Gasteiger partial charge is 0.329 e. The number of aromatic nitrogens is 2. The SMILES string of the molecule is CC(C)CN(CCC(=O)O)C(=O)Cn1c(=O)n(C)c2ccccc21. The third-order valence-corrected chi connectivity index (χ3v) is 3.88. The fraction of sp³-hybridized carbons (Fsp3) is 0.471. The molecule has 0 aliphatic carbocycles. The molecule has 2 aromatic rings. The first-order chi connectivity index (χ1) is 11.3. The van der Waals surface area contributed by atoms with Gasteiger partial charge >= 0.3 is 11.7 Å². The summed E-state index contributed by atoms with van der Waals surface area (Å²) in [5.74, 6) is -0.978. The van der Waals surface area contributed by atoms with Gasteiger partial charge in [0.2, 0.25) is 5.91 Å². The molecular formula is C17H23N3O4. The number of rotatable bonds is 7. The van der Waals surface area contributed by atoms with Crippen molar-refractivity contribution >= 4 is 22.9 Å². The number of hydrogen-bond donors (Lipinski definition) is 1. The zero-order chi connectivity index (χ0) is 17.9. The quantitative estimate of drug-likeness (QED) is 0.828. The van der Waals surface area contributed by atoms with E-state index in [1.807, 2.05) is 32.0 Å². The summed E-state index contributed by atoms with van der Waals surface area (Å²) in [4.78, 5) is 37.4. The zero-order valence-electron chi connectivity index (χ0n) is 14.2. The highest BCUT2D eigenvalue weighted by Crippen LogP contribution is 2.12. The number of carboxylic acid groups (broad SMARTS) is 1. The molecule has 24 heavy (non-hydrogen) atoms. The maximum atomic E-state index is 12.6. The molecule has 0 unspecified atom stereocenters. The van der Waals surface area contributed by atoms with Crippen LogP contribution >= 0.6 is 0 Å². The van der Waals surface area contributed by atoms with Crippen LogP contribution in [0.5, 0.6) is 0 Å². The van der Waals surface area contributed by atoms with Gasteiger partial charge in [0.15, 0.2) is 0 Å². The van der Waals surface area contributed by atoms with Gasteiger partial charge in [-0.1, -0.05) is 26.0 Å². The fourth-order valence-corrected chi connectivity index (χ4v) is 2.74. The van der Waals surface area contributed by atoms with Crippen LogP contribution in [0.1, 0.15) is 20.3 Å². The van der Waals surface area contributed by atoms with Gasteiger partial charge in [0.05, 0.1) is 17.5 Å². The molecule has 0 fully saturated rings. The first kappa shape index (κ1) is 17.8. The van der Waals surface area contributed by atoms with Gasteiger partial charge in [-0.3, -0.25) is 18.7 Å². The van der Waals surface area contributed by atoms with Crippen molar-refractivity contribution < 1.29 is 14.7 Å². The fourth-order valence-electron chi connectivity index (χ4n) is 2.74. The first-order valence-corrected chi connectivity index (χ1v) is 7.95. The second-order valence-corrected chi connectivity index (χ2v) is 6.29. The van der Waals surface area contributed by atoms with Crippen molar-refractivity contribution in [3.05, 3.63) is 34.7 Å². The third kappa shape index (κ3) is 3.84. The molecule has 0 aliphatic rings. The lowest BCUT2D eigenvalue weighted by molar-refractivity contribution is -0.138. The largest absolute Gasteiger partial charge is 0.481 e. The van der Waals surface area contributed by atoms with Crippen molar-refractivity contribution in [3.8, 4) is 0 Å². The Hall–Kier alpha value is -2.57. The van der Waals surface area contributed by atoms with Crippen molar-refractivity contribution in [2.75, 3.05) is 13.1 Å². The molecule has 1 aromatic carbocycles. The van der Waals surface area contributed by atoms with Crippen LogP contribution in [0.25, 0.3) is 11.0 Å². The van der Waals surface area contributed by atoms with Gasteiger partial charge in [0, 0.05) is 20.1 Å². The summed E-state index contributed by atoms with van der Waals surface area (Å²) >= 11 is 0. The number of nitrogens with zero attached hydrogens (tertiary/aromatic N) is 3. The molecule has 0 spiro atoms. The minimum Gasteiger partial charge on any atom is -0.481 e. The van der Waals surface area contributed by atoms with E-state index in [0.29, 0.717) is 12.1 Å². The number of hydrogen-bond acceptors (Lipinski definition) is 3. The lowest BCUT2D eigenvalue weighted by atomic mass is 10.2. The molecule has 0 aliphatic heterocycles. The molecule has 7 nitrogen and oxygen atoms in total. The molecule has 1 N–H and O–H groups in total. The molecule has 0 radical (unpaired) electrons. The highest BCUT2D eigenvalue weighted by molar-refractivity contribution is 5.81. The Kier molecular flexibility index (Phi) is 5.43. The van der Waals surface area contributed by atoms with E-state index in [9.17, 15) is 14.4 Å². The van der Waals surface area contributed by atoms with Crippen LogP contribution in [0, 0.1) is 5.92 Å². The van der Waals surface area contributed by atoms with Crippen LogP contribution in [0.3, 0.4) is 0 Å². The van der Waals surface area contributed by atoms with Gasteiger partial charge in [-0.15, -0.1) is 0 Å². The van der Waals surface area contributed by atoms with E-state index in [4.69, 9.17) is 5.11 Å². The summed E-state index contributed by atoms with van der Waals surface area (Å²) in [7, 11) is 1.67. The Morgan fingerprint density at radius 2 is 1.83 bits per heavy atom. The van der Waals surface area contributed by atoms with E-state index in [1.54, 1.807) is 13.1 Å². The second kappa shape index (κ2) is 7.33. The molecule has 2 rings (SSSR count). The van der Waals surface area contributed by atoms with Crippen molar-refractivity contribution in [1.29, 1.82) is 0 Å². The third-order valence-electron chi connectivity index (χ3n) is 3.88. The average molecular weight is 333 g/mol. The first-order valence-electron chi connectivity index (χ1n) is 7.95. The molecule has 130 valence electrons. The van der Waals surface area contributed by atoms with Crippen molar-refractivity contribution in [3.63, 3.8) is 0 Å². The van der Waals surface area contributed by atoms with E-state index in [1.165, 1.54) is 14.0 Å². The number of carbonyl (C=O) groups excluding carboxylic acids is 1. The Labute approximate surface area is 140 Å². The topological polar surface area (TPSA) is 84.5 Å². The Balaban J connectivity index is 2.27. The van der Waals surface area contributed by atoms with E-state index in [-0.39, 0.29) is 37.0 Å². The van der Waals surface area contributed by atoms with Crippen LogP contribution < -0.4 is 5.69 Å². The number of imidazole rings is 1. The van der Waals surface area contributed by atoms with Crippen molar-refractivity contribution in [1.82, 2.24) is 14.0 Å². The van der Waals surface area contributed by atoms with Gasteiger partial charge in [-0.05, 0) is 18.1 Å². The van der Waals surface area contributed by atoms with Crippen LogP contribution in [-0.2, 0) is 23.2 Å². The molecule has 1 heterocycles. The van der Waals surface area contributed by atoms with Gasteiger partial charge < -0.3 is 10.0 Å². The molecule has 1 aromatic heterocycles. The number of amides is 1. The van der Waals surface area contributed by atoms with Crippen LogP contribution in [0.2, 0.25) is 0 Å². The zero-order valence-corrected chi connectivity index (χ0v) is 14.2. The number of para-hydroxylation sites is 2. The highest BCUT2D eigenvalue weighted by atomic mass is 16.4. The van der Waals surface area contributed by atoms with Crippen LogP contribution in [-0.4, -0.2) is 44.1 Å². The van der Waals surface area contributed by atoms with Gasteiger partial charge in [0.25, 0.3) is 0 Å². The number of aliphatic carboxylic acids is 1. The maximum Gasteiger partial charge on any atom is 0.329 e. The predicted molar refractivity (Wildman–Crippen MR) is 90.8 cm³/mol. The monoisotopic (exact) mass is 333 g/mol. The predicted octanol–water partition coefficient (Wildman–Crippen LogP) is 1.30. The van der Waals surface area contributed by atoms with E-state index in [2.05, 4.69) is 0 Å². The summed E-state index contributed by atoms with van der Waals surface area (Å²) in [6.45, 7) is 4.44. The van der Waals surface area contributed by atoms with Crippen LogP contribution in [0.4, 0.5) is 0 Å². The Morgan fingerprint density at radius 3 is 2.42 bits per heavy atom. The molecule has 1 amide bonds. The summed E-state index contributed by atoms with van der Waals surface area (Å²) in [6.07, 6.45) is -0.108. The number of carboxylic acids is 1. The molecular weight excluding hydrogens is 310 g/mol. The summed E-state index contributed by atoms with van der Waals surface area (Å²) < 4.78 is 2.94. The van der Waals surface area contributed by atoms with Crippen molar-refractivity contribution in [2.45, 2.75) is 26.8 Å². The summed E-state index contributed by atoms with van der Waals surface area (Å²) in [6, 6.07) is 7.28. The molecule has 0 saturated heterocycles. The lowest BCUT2D eigenvalue weighted by Gasteiger charge is -2.24. The van der Waals surface area contributed by atoms with E-state index in [0.717, 1.165) is 5.52 Å². The van der Waals surface area contributed by atoms with Crippen molar-refractivity contribution in [2.24, 2.45) is 13.0 Å². The Bertz CT molecular complexity index is 804. The lowest BCUT2D eigenvalue weighted by Crippen LogP contribution is -2.39. The van der Waals surface area contributed by atoms with Crippen LogP contribution in [0.15, 0.2) is 29.1 Å².